The van der Waals surface area contributed by atoms with Crippen LogP contribution in [-0.4, -0.2) is 45.3 Å². The van der Waals surface area contributed by atoms with Gasteiger partial charge in [-0.15, -0.1) is 5.10 Å². The number of benzene rings is 2. The van der Waals surface area contributed by atoms with Crippen LogP contribution in [0.1, 0.15) is 28.7 Å². The van der Waals surface area contributed by atoms with E-state index >= 15 is 0 Å². The van der Waals surface area contributed by atoms with E-state index in [2.05, 4.69) is 15.5 Å². The number of aromatic nitrogens is 3. The Morgan fingerprint density at radius 2 is 1.63 bits per heavy atom. The molecule has 1 aromatic heterocycles. The van der Waals surface area contributed by atoms with Gasteiger partial charge in [0, 0.05) is 0 Å². The maximum atomic E-state index is 12.3. The number of rotatable bonds is 8. The molecule has 0 saturated heterocycles. The third kappa shape index (κ3) is 5.38. The number of Topliss-reactive ketones (excluding diaryl/α,β-unsaturated/α-hetero) is 1. The lowest BCUT2D eigenvalue weighted by molar-refractivity contribution is -0.128. The number of esters is 1. The SMILES string of the molecule is CC(=O)[C@H](Cc1ccccc1)NC(=O)COC(=O)c1nn(-c2ccccc2)nc1C. The van der Waals surface area contributed by atoms with Crippen LogP contribution in [0.5, 0.6) is 0 Å². The number of aryl methyl sites for hydroxylation is 1. The van der Waals surface area contributed by atoms with E-state index in [9.17, 15) is 14.4 Å². The molecule has 2 aromatic carbocycles. The van der Waals surface area contributed by atoms with Gasteiger partial charge in [0.1, 0.15) is 0 Å². The van der Waals surface area contributed by atoms with Crippen LogP contribution in [0.15, 0.2) is 60.7 Å². The highest BCUT2D eigenvalue weighted by Gasteiger charge is 2.21. The van der Waals surface area contributed by atoms with Crippen LogP contribution in [0.25, 0.3) is 5.69 Å². The lowest BCUT2D eigenvalue weighted by atomic mass is 10.0. The minimum atomic E-state index is -0.757. The molecule has 0 fully saturated rings. The molecule has 1 amide bonds. The second-order valence-electron chi connectivity index (χ2n) is 6.76. The summed E-state index contributed by atoms with van der Waals surface area (Å²) >= 11 is 0. The average molecular weight is 406 g/mol. The number of hydrogen-bond acceptors (Lipinski definition) is 6. The fourth-order valence-corrected chi connectivity index (χ4v) is 2.83. The Morgan fingerprint density at radius 1 is 1.00 bits per heavy atom. The summed E-state index contributed by atoms with van der Waals surface area (Å²) in [5.41, 5.74) is 2.03. The molecule has 30 heavy (non-hydrogen) atoms. The smallest absolute Gasteiger partial charge is 0.361 e. The van der Waals surface area contributed by atoms with Crippen LogP contribution >= 0.6 is 0 Å². The normalized spacial score (nSPS) is 11.5. The number of ether oxygens (including phenoxy) is 1. The van der Waals surface area contributed by atoms with E-state index in [1.165, 1.54) is 11.7 Å². The van der Waals surface area contributed by atoms with Crippen LogP contribution < -0.4 is 5.32 Å². The molecule has 0 aliphatic heterocycles. The highest BCUT2D eigenvalue weighted by atomic mass is 16.5. The second kappa shape index (κ2) is 9.60. The minimum absolute atomic E-state index is 0.0269. The Labute approximate surface area is 173 Å². The van der Waals surface area contributed by atoms with E-state index in [1.54, 1.807) is 19.1 Å². The Hall–Kier alpha value is -3.81. The predicted octanol–water partition coefficient (Wildman–Crippen LogP) is 2.05. The van der Waals surface area contributed by atoms with E-state index in [0.29, 0.717) is 17.8 Å². The molecule has 154 valence electrons. The topological polar surface area (TPSA) is 103 Å². The van der Waals surface area contributed by atoms with Crippen LogP contribution in [0.4, 0.5) is 0 Å². The van der Waals surface area contributed by atoms with Crippen molar-refractivity contribution in [1.82, 2.24) is 20.3 Å². The lowest BCUT2D eigenvalue weighted by Crippen LogP contribution is -2.43. The van der Waals surface area contributed by atoms with E-state index in [1.807, 2.05) is 48.5 Å². The first kappa shape index (κ1) is 20.9. The number of nitrogens with one attached hydrogen (secondary N) is 1. The molecule has 8 heteroatoms. The number of carbonyl (C=O) groups is 3. The van der Waals surface area contributed by atoms with Crippen molar-refractivity contribution in [3.63, 3.8) is 0 Å². The van der Waals surface area contributed by atoms with Gasteiger partial charge in [-0.1, -0.05) is 48.5 Å². The average Bonchev–Trinajstić information content (AvgIpc) is 3.14. The molecule has 1 heterocycles. The first-order valence-corrected chi connectivity index (χ1v) is 9.44. The summed E-state index contributed by atoms with van der Waals surface area (Å²) in [6, 6.07) is 17.8. The van der Waals surface area contributed by atoms with Crippen molar-refractivity contribution in [2.24, 2.45) is 0 Å². The van der Waals surface area contributed by atoms with Crippen molar-refractivity contribution in [3.05, 3.63) is 77.6 Å². The monoisotopic (exact) mass is 406 g/mol. The molecule has 1 N–H and O–H groups in total. The molecule has 3 rings (SSSR count). The van der Waals surface area contributed by atoms with E-state index < -0.39 is 24.5 Å². The molecule has 0 bridgehead atoms. The zero-order valence-electron chi connectivity index (χ0n) is 16.7. The third-order valence-electron chi connectivity index (χ3n) is 4.41. The van der Waals surface area contributed by atoms with Gasteiger partial charge in [0.25, 0.3) is 5.91 Å². The van der Waals surface area contributed by atoms with Crippen molar-refractivity contribution in [3.8, 4) is 5.69 Å². The number of ketones is 1. The lowest BCUT2D eigenvalue weighted by Gasteiger charge is -2.16. The summed E-state index contributed by atoms with van der Waals surface area (Å²) in [4.78, 5) is 37.8. The fraction of sp³-hybridized carbons (Fsp3) is 0.227. The molecule has 0 saturated carbocycles. The highest BCUT2D eigenvalue weighted by molar-refractivity contribution is 5.92. The van der Waals surface area contributed by atoms with Crippen molar-refractivity contribution < 1.29 is 19.1 Å². The number of carbonyl (C=O) groups excluding carboxylic acids is 3. The maximum Gasteiger partial charge on any atom is 0.361 e. The summed E-state index contributed by atoms with van der Waals surface area (Å²) in [6.07, 6.45) is 0.361. The van der Waals surface area contributed by atoms with Crippen LogP contribution in [0.3, 0.4) is 0 Å². The molecular weight excluding hydrogens is 384 g/mol. The van der Waals surface area contributed by atoms with Crippen LogP contribution in [-0.2, 0) is 20.7 Å². The molecule has 0 spiro atoms. The molecule has 0 unspecified atom stereocenters. The summed E-state index contributed by atoms with van der Waals surface area (Å²) in [5.74, 6) is -1.50. The van der Waals surface area contributed by atoms with E-state index in [4.69, 9.17) is 4.74 Å². The Kier molecular flexibility index (Phi) is 6.69. The van der Waals surface area contributed by atoms with E-state index in [0.717, 1.165) is 5.56 Å². The standard InChI is InChI=1S/C22H22N4O4/c1-15-21(25-26(24-15)18-11-7-4-8-12-18)22(29)30-14-20(28)23-19(16(2)27)13-17-9-5-3-6-10-17/h3-12,19H,13-14H2,1-2H3,(H,23,28)/t19-/m0/s1. The Morgan fingerprint density at radius 3 is 2.27 bits per heavy atom. The summed E-state index contributed by atoms with van der Waals surface area (Å²) in [7, 11) is 0. The quantitative estimate of drug-likeness (QED) is 0.575. The Balaban J connectivity index is 1.58. The maximum absolute atomic E-state index is 12.3. The number of nitrogens with zero attached hydrogens (tertiary/aromatic N) is 3. The van der Waals surface area contributed by atoms with Gasteiger partial charge in [-0.2, -0.15) is 9.90 Å². The first-order chi connectivity index (χ1) is 14.4. The van der Waals surface area contributed by atoms with Gasteiger partial charge in [0.15, 0.2) is 18.1 Å². The second-order valence-corrected chi connectivity index (χ2v) is 6.76. The summed E-state index contributed by atoms with van der Waals surface area (Å²) < 4.78 is 5.07. The highest BCUT2D eigenvalue weighted by Crippen LogP contribution is 2.09. The fourth-order valence-electron chi connectivity index (χ4n) is 2.83. The molecule has 0 aliphatic carbocycles. The van der Waals surface area contributed by atoms with Gasteiger partial charge >= 0.3 is 5.97 Å². The minimum Gasteiger partial charge on any atom is -0.451 e. The van der Waals surface area contributed by atoms with Crippen LogP contribution in [0, 0.1) is 6.92 Å². The number of para-hydroxylation sites is 1. The first-order valence-electron chi connectivity index (χ1n) is 9.44. The van der Waals surface area contributed by atoms with Crippen molar-refractivity contribution in [2.75, 3.05) is 6.61 Å². The molecule has 0 radical (unpaired) electrons. The van der Waals surface area contributed by atoms with Crippen molar-refractivity contribution in [1.29, 1.82) is 0 Å². The number of amides is 1. The molecule has 3 aromatic rings. The Bertz CT molecular complexity index is 1030. The molecule has 1 atom stereocenters. The molecular formula is C22H22N4O4. The molecule has 0 aliphatic rings. The van der Waals surface area contributed by atoms with Gasteiger partial charge in [0.2, 0.25) is 0 Å². The van der Waals surface area contributed by atoms with Gasteiger partial charge < -0.3 is 10.1 Å². The van der Waals surface area contributed by atoms with Gasteiger partial charge in [-0.25, -0.2) is 4.79 Å². The zero-order valence-corrected chi connectivity index (χ0v) is 16.7. The number of hydrogen-bond donors (Lipinski definition) is 1. The van der Waals surface area contributed by atoms with Gasteiger partial charge in [0.05, 0.1) is 17.4 Å². The predicted molar refractivity (Wildman–Crippen MR) is 109 cm³/mol. The summed E-state index contributed by atoms with van der Waals surface area (Å²) in [6.45, 7) is 2.52. The summed E-state index contributed by atoms with van der Waals surface area (Å²) in [5, 5.41) is 11.0. The largest absolute Gasteiger partial charge is 0.451 e. The molecule has 8 nitrogen and oxygen atoms in total. The zero-order chi connectivity index (χ0) is 21.5. The van der Waals surface area contributed by atoms with Crippen molar-refractivity contribution >= 4 is 17.7 Å². The van der Waals surface area contributed by atoms with Gasteiger partial charge in [-0.3, -0.25) is 9.59 Å². The van der Waals surface area contributed by atoms with E-state index in [-0.39, 0.29) is 11.5 Å². The van der Waals surface area contributed by atoms with Crippen molar-refractivity contribution in [2.45, 2.75) is 26.3 Å². The van der Waals surface area contributed by atoms with Crippen LogP contribution in [0.2, 0.25) is 0 Å². The third-order valence-corrected chi connectivity index (χ3v) is 4.41. The van der Waals surface area contributed by atoms with Gasteiger partial charge in [-0.05, 0) is 38.0 Å².